The van der Waals surface area contributed by atoms with E-state index in [1.807, 2.05) is 4.90 Å². The average Bonchev–Trinajstić information content (AvgIpc) is 2.59. The second-order valence-electron chi connectivity index (χ2n) is 7.52. The lowest BCUT2D eigenvalue weighted by Crippen LogP contribution is -2.54. The molecular formula is C18H36IN5O. The van der Waals surface area contributed by atoms with Crippen molar-refractivity contribution in [3.8, 4) is 0 Å². The van der Waals surface area contributed by atoms with E-state index >= 15 is 0 Å². The third-order valence-corrected chi connectivity index (χ3v) is 5.19. The first kappa shape index (κ1) is 22.5. The predicted molar refractivity (Wildman–Crippen MR) is 115 cm³/mol. The van der Waals surface area contributed by atoms with Gasteiger partial charge in [0.1, 0.15) is 0 Å². The number of rotatable bonds is 4. The van der Waals surface area contributed by atoms with Crippen molar-refractivity contribution in [3.63, 3.8) is 0 Å². The Labute approximate surface area is 170 Å². The molecule has 0 radical (unpaired) electrons. The number of nitrogens with one attached hydrogen (secondary N) is 1. The maximum Gasteiger partial charge on any atom is 0.219 e. The fraction of sp³-hybridized carbons (Fsp3) is 0.889. The minimum Gasteiger partial charge on any atom is -0.357 e. The topological polar surface area (TPSA) is 51.2 Å². The zero-order chi connectivity index (χ0) is 17.6. The minimum absolute atomic E-state index is 0. The highest BCUT2D eigenvalue weighted by Gasteiger charge is 2.28. The summed E-state index contributed by atoms with van der Waals surface area (Å²) in [5.41, 5.74) is 0.0995. The number of carbonyl (C=O) groups excluding carboxylic acids is 1. The molecule has 0 saturated carbocycles. The Morgan fingerprint density at radius 3 is 2.08 bits per heavy atom. The summed E-state index contributed by atoms with van der Waals surface area (Å²) in [4.78, 5) is 23.2. The molecule has 0 atom stereocenters. The molecule has 1 amide bonds. The summed E-state index contributed by atoms with van der Waals surface area (Å²) in [6.45, 7) is 15.7. The quantitative estimate of drug-likeness (QED) is 0.392. The van der Waals surface area contributed by atoms with E-state index in [1.165, 1.54) is 32.4 Å². The van der Waals surface area contributed by atoms with E-state index in [0.29, 0.717) is 0 Å². The van der Waals surface area contributed by atoms with E-state index < -0.39 is 0 Å². The van der Waals surface area contributed by atoms with Gasteiger partial charge in [-0.3, -0.25) is 14.7 Å². The van der Waals surface area contributed by atoms with Gasteiger partial charge in [0.15, 0.2) is 5.96 Å². The van der Waals surface area contributed by atoms with Crippen molar-refractivity contribution >= 4 is 35.8 Å². The smallest absolute Gasteiger partial charge is 0.219 e. The van der Waals surface area contributed by atoms with Crippen LogP contribution in [0.3, 0.4) is 0 Å². The molecule has 2 aliphatic heterocycles. The number of hydrogen-bond donors (Lipinski definition) is 1. The molecule has 1 N–H and O–H groups in total. The van der Waals surface area contributed by atoms with Crippen LogP contribution < -0.4 is 5.32 Å². The highest BCUT2D eigenvalue weighted by Crippen LogP contribution is 2.21. The molecule has 2 aliphatic rings. The lowest BCUT2D eigenvalue weighted by molar-refractivity contribution is -0.130. The van der Waals surface area contributed by atoms with E-state index in [0.717, 1.165) is 45.2 Å². The Bertz CT molecular complexity index is 441. The first-order valence-corrected chi connectivity index (χ1v) is 9.48. The summed E-state index contributed by atoms with van der Waals surface area (Å²) in [6, 6.07) is 0. The number of nitrogens with zero attached hydrogens (tertiary/aromatic N) is 4. The maximum absolute atomic E-state index is 11.5. The largest absolute Gasteiger partial charge is 0.357 e. The number of halogens is 1. The van der Waals surface area contributed by atoms with Gasteiger partial charge < -0.3 is 15.1 Å². The van der Waals surface area contributed by atoms with Crippen LogP contribution in [-0.4, -0.2) is 84.5 Å². The fourth-order valence-electron chi connectivity index (χ4n) is 3.53. The predicted octanol–water partition coefficient (Wildman–Crippen LogP) is 2.00. The highest BCUT2D eigenvalue weighted by atomic mass is 127. The summed E-state index contributed by atoms with van der Waals surface area (Å²) in [6.07, 6.45) is 3.97. The Kier molecular flexibility index (Phi) is 9.48. The van der Waals surface area contributed by atoms with Crippen molar-refractivity contribution in [2.24, 2.45) is 4.99 Å². The molecule has 0 spiro atoms. The van der Waals surface area contributed by atoms with E-state index in [9.17, 15) is 4.79 Å². The Morgan fingerprint density at radius 2 is 1.56 bits per heavy atom. The Hall–Kier alpha value is -0.570. The molecule has 2 rings (SSSR count). The van der Waals surface area contributed by atoms with Gasteiger partial charge in [-0.2, -0.15) is 0 Å². The SMILES string of the molecule is CCNC(=NCC(C)(C)N1CCCCC1)N1CCN(C(C)=O)CC1.I. The molecule has 0 aromatic heterocycles. The standard InChI is InChI=1S/C18H35N5O.HI/c1-5-19-17(22-13-11-21(12-14-22)16(2)24)20-15-18(3,4)23-9-7-6-8-10-23;/h5-15H2,1-4H3,(H,19,20);1H. The third kappa shape index (κ3) is 6.58. The molecule has 2 fully saturated rings. The Balaban J connectivity index is 0.00000312. The monoisotopic (exact) mass is 465 g/mol. The van der Waals surface area contributed by atoms with Crippen LogP contribution in [0.25, 0.3) is 0 Å². The van der Waals surface area contributed by atoms with E-state index in [-0.39, 0.29) is 35.4 Å². The van der Waals surface area contributed by atoms with Crippen molar-refractivity contribution in [2.45, 2.75) is 52.5 Å². The van der Waals surface area contributed by atoms with Gasteiger partial charge in [-0.1, -0.05) is 6.42 Å². The molecule has 0 aliphatic carbocycles. The summed E-state index contributed by atoms with van der Waals surface area (Å²) >= 11 is 0. The van der Waals surface area contributed by atoms with Crippen molar-refractivity contribution in [2.75, 3.05) is 52.4 Å². The molecule has 6 nitrogen and oxygen atoms in total. The maximum atomic E-state index is 11.5. The van der Waals surface area contributed by atoms with Crippen LogP contribution in [0.15, 0.2) is 4.99 Å². The van der Waals surface area contributed by atoms with Gasteiger partial charge in [0, 0.05) is 45.2 Å². The van der Waals surface area contributed by atoms with Gasteiger partial charge in [0.25, 0.3) is 0 Å². The summed E-state index contributed by atoms with van der Waals surface area (Å²) in [7, 11) is 0. The summed E-state index contributed by atoms with van der Waals surface area (Å²) < 4.78 is 0. The second kappa shape index (κ2) is 10.5. The third-order valence-electron chi connectivity index (χ3n) is 5.19. The van der Waals surface area contributed by atoms with Gasteiger partial charge in [-0.15, -0.1) is 24.0 Å². The normalized spacial score (nSPS) is 20.2. The minimum atomic E-state index is 0. The summed E-state index contributed by atoms with van der Waals surface area (Å²) in [5, 5.41) is 3.43. The van der Waals surface area contributed by atoms with Gasteiger partial charge in [0.2, 0.25) is 5.91 Å². The number of amides is 1. The van der Waals surface area contributed by atoms with Crippen LogP contribution in [0.1, 0.15) is 47.0 Å². The number of piperazine rings is 1. The number of likely N-dealkylation sites (tertiary alicyclic amines) is 1. The molecule has 0 aromatic rings. The van der Waals surface area contributed by atoms with Crippen molar-refractivity contribution in [1.29, 1.82) is 0 Å². The van der Waals surface area contributed by atoms with Crippen LogP contribution in [0.4, 0.5) is 0 Å². The number of piperidine rings is 1. The van der Waals surface area contributed by atoms with Gasteiger partial charge in [-0.25, -0.2) is 0 Å². The van der Waals surface area contributed by atoms with Gasteiger partial charge >= 0.3 is 0 Å². The number of hydrogen-bond acceptors (Lipinski definition) is 3. The first-order chi connectivity index (χ1) is 11.4. The number of aliphatic imine (C=N–C) groups is 1. The molecule has 146 valence electrons. The highest BCUT2D eigenvalue weighted by molar-refractivity contribution is 14.0. The van der Waals surface area contributed by atoms with Gasteiger partial charge in [0.05, 0.1) is 6.54 Å². The zero-order valence-electron chi connectivity index (χ0n) is 16.4. The lowest BCUT2D eigenvalue weighted by Gasteiger charge is -2.41. The number of carbonyl (C=O) groups is 1. The molecule has 0 bridgehead atoms. The molecular weight excluding hydrogens is 429 g/mol. The van der Waals surface area contributed by atoms with Crippen LogP contribution in [0.5, 0.6) is 0 Å². The molecule has 2 saturated heterocycles. The molecule has 2 heterocycles. The molecule has 25 heavy (non-hydrogen) atoms. The lowest BCUT2D eigenvalue weighted by atomic mass is 9.99. The molecule has 0 unspecified atom stereocenters. The van der Waals surface area contributed by atoms with Crippen molar-refractivity contribution < 1.29 is 4.79 Å². The van der Waals surface area contributed by atoms with E-state index in [1.54, 1.807) is 6.92 Å². The van der Waals surface area contributed by atoms with E-state index in [4.69, 9.17) is 4.99 Å². The van der Waals surface area contributed by atoms with Gasteiger partial charge in [-0.05, 0) is 46.7 Å². The first-order valence-electron chi connectivity index (χ1n) is 9.48. The second-order valence-corrected chi connectivity index (χ2v) is 7.52. The molecule has 7 heteroatoms. The van der Waals surface area contributed by atoms with Crippen LogP contribution in [-0.2, 0) is 4.79 Å². The summed E-state index contributed by atoms with van der Waals surface area (Å²) in [5.74, 6) is 1.16. The van der Waals surface area contributed by atoms with Crippen molar-refractivity contribution in [1.82, 2.24) is 20.0 Å². The van der Waals surface area contributed by atoms with Crippen molar-refractivity contribution in [3.05, 3.63) is 0 Å². The Morgan fingerprint density at radius 1 is 1.00 bits per heavy atom. The average molecular weight is 465 g/mol. The van der Waals surface area contributed by atoms with Crippen LogP contribution >= 0.6 is 24.0 Å². The zero-order valence-corrected chi connectivity index (χ0v) is 18.7. The number of guanidine groups is 1. The van der Waals surface area contributed by atoms with E-state index in [2.05, 4.69) is 35.9 Å². The van der Waals surface area contributed by atoms with Crippen LogP contribution in [0.2, 0.25) is 0 Å². The fourth-order valence-corrected chi connectivity index (χ4v) is 3.53. The van der Waals surface area contributed by atoms with Crippen LogP contribution in [0, 0.1) is 0 Å². The molecule has 0 aromatic carbocycles.